The Morgan fingerprint density at radius 3 is 2.60 bits per heavy atom. The molecule has 0 saturated carbocycles. The number of rotatable bonds is 1. The van der Waals surface area contributed by atoms with E-state index in [1.807, 2.05) is 12.3 Å². The zero-order chi connectivity index (χ0) is 14.4. The summed E-state index contributed by atoms with van der Waals surface area (Å²) in [4.78, 5) is 21.4. The smallest absolute Gasteiger partial charge is 0.267 e. The van der Waals surface area contributed by atoms with Gasteiger partial charge in [0.05, 0.1) is 21.6 Å². The molecule has 2 aromatic heterocycles. The molecule has 4 nitrogen and oxygen atoms in total. The third-order valence-electron chi connectivity index (χ3n) is 2.86. The number of aryl methyl sites for hydroxylation is 2. The van der Waals surface area contributed by atoms with E-state index in [4.69, 9.17) is 23.2 Å². The van der Waals surface area contributed by atoms with E-state index in [1.54, 1.807) is 19.1 Å². The Labute approximate surface area is 128 Å². The second kappa shape index (κ2) is 4.84. The lowest BCUT2D eigenvalue weighted by molar-refractivity contribution is 0.881. The lowest BCUT2D eigenvalue weighted by Gasteiger charge is -2.08. The number of hydrogen-bond acceptors (Lipinski definition) is 4. The molecule has 0 unspecified atom stereocenters. The van der Waals surface area contributed by atoms with E-state index in [1.165, 1.54) is 15.9 Å². The molecule has 3 aromatic rings. The van der Waals surface area contributed by atoms with E-state index in [0.29, 0.717) is 31.9 Å². The van der Waals surface area contributed by atoms with Crippen molar-refractivity contribution >= 4 is 45.4 Å². The number of fused-ring (bicyclic) bond motifs is 1. The van der Waals surface area contributed by atoms with Gasteiger partial charge in [0.15, 0.2) is 5.13 Å². The summed E-state index contributed by atoms with van der Waals surface area (Å²) in [6.07, 6.45) is 0. The van der Waals surface area contributed by atoms with Gasteiger partial charge in [0.2, 0.25) is 0 Å². The Hall–Kier alpha value is -1.43. The molecular formula is C13H9Cl2N3OS. The van der Waals surface area contributed by atoms with Gasteiger partial charge in [-0.2, -0.15) is 0 Å². The molecule has 0 fully saturated rings. The van der Waals surface area contributed by atoms with Crippen LogP contribution in [0, 0.1) is 13.8 Å². The number of benzene rings is 1. The molecule has 102 valence electrons. The van der Waals surface area contributed by atoms with Gasteiger partial charge in [0.25, 0.3) is 5.56 Å². The molecule has 0 spiro atoms. The van der Waals surface area contributed by atoms with Crippen LogP contribution in [0.25, 0.3) is 16.0 Å². The Morgan fingerprint density at radius 2 is 1.95 bits per heavy atom. The molecule has 0 atom stereocenters. The van der Waals surface area contributed by atoms with Crippen molar-refractivity contribution in [3.8, 4) is 5.13 Å². The van der Waals surface area contributed by atoms with Crippen LogP contribution in [-0.4, -0.2) is 14.5 Å². The van der Waals surface area contributed by atoms with Crippen LogP contribution in [-0.2, 0) is 0 Å². The maximum atomic E-state index is 12.6. The van der Waals surface area contributed by atoms with E-state index in [0.717, 1.165) is 5.69 Å². The quantitative estimate of drug-likeness (QED) is 0.684. The SMILES string of the molecule is Cc1csc(-n2c(C)nc3c(Cl)cc(Cl)cc3c2=O)n1. The van der Waals surface area contributed by atoms with Crippen molar-refractivity contribution in [1.82, 2.24) is 14.5 Å². The summed E-state index contributed by atoms with van der Waals surface area (Å²) in [5.74, 6) is 0.543. The predicted molar refractivity (Wildman–Crippen MR) is 82.5 cm³/mol. The number of aromatic nitrogens is 3. The molecule has 1 aromatic carbocycles. The first kappa shape index (κ1) is 13.5. The summed E-state index contributed by atoms with van der Waals surface area (Å²) >= 11 is 13.5. The first-order chi connectivity index (χ1) is 9.47. The molecule has 20 heavy (non-hydrogen) atoms. The Kier molecular flexibility index (Phi) is 3.28. The fraction of sp³-hybridized carbons (Fsp3) is 0.154. The van der Waals surface area contributed by atoms with Crippen molar-refractivity contribution in [3.63, 3.8) is 0 Å². The van der Waals surface area contributed by atoms with E-state index in [-0.39, 0.29) is 5.56 Å². The minimum absolute atomic E-state index is 0.216. The van der Waals surface area contributed by atoms with Crippen LogP contribution in [0.4, 0.5) is 0 Å². The van der Waals surface area contributed by atoms with E-state index >= 15 is 0 Å². The van der Waals surface area contributed by atoms with Gasteiger partial charge in [-0.1, -0.05) is 23.2 Å². The first-order valence-corrected chi connectivity index (χ1v) is 7.42. The van der Waals surface area contributed by atoms with Crippen molar-refractivity contribution < 1.29 is 0 Å². The molecule has 0 aliphatic rings. The fourth-order valence-electron chi connectivity index (χ4n) is 1.99. The van der Waals surface area contributed by atoms with Gasteiger partial charge in [-0.15, -0.1) is 11.3 Å². The lowest BCUT2D eigenvalue weighted by atomic mass is 10.2. The number of halogens is 2. The largest absolute Gasteiger partial charge is 0.268 e. The standard InChI is InChI=1S/C13H9Cl2N3OS/c1-6-5-20-13(16-6)18-7(2)17-11-9(12(18)19)3-8(14)4-10(11)15/h3-5H,1-2H3. The second-order valence-electron chi connectivity index (χ2n) is 4.35. The predicted octanol–water partition coefficient (Wildman–Crippen LogP) is 3.77. The maximum Gasteiger partial charge on any atom is 0.267 e. The zero-order valence-corrected chi connectivity index (χ0v) is 13.0. The van der Waals surface area contributed by atoms with E-state index < -0.39 is 0 Å². The summed E-state index contributed by atoms with van der Waals surface area (Å²) in [7, 11) is 0. The van der Waals surface area contributed by atoms with Crippen molar-refractivity contribution in [2.24, 2.45) is 0 Å². The summed E-state index contributed by atoms with van der Waals surface area (Å²) < 4.78 is 1.48. The summed E-state index contributed by atoms with van der Waals surface area (Å²) in [6, 6.07) is 3.16. The molecule has 0 amide bonds. The van der Waals surface area contributed by atoms with Gasteiger partial charge >= 0.3 is 0 Å². The molecule has 0 bridgehead atoms. The molecule has 0 N–H and O–H groups in total. The van der Waals surface area contributed by atoms with Crippen LogP contribution < -0.4 is 5.56 Å². The number of nitrogens with zero attached hydrogens (tertiary/aromatic N) is 3. The molecule has 0 aliphatic carbocycles. The van der Waals surface area contributed by atoms with Crippen LogP contribution in [0.1, 0.15) is 11.5 Å². The molecule has 7 heteroatoms. The minimum Gasteiger partial charge on any atom is -0.268 e. The Bertz CT molecular complexity index is 885. The highest BCUT2D eigenvalue weighted by Crippen LogP contribution is 2.25. The highest BCUT2D eigenvalue weighted by Gasteiger charge is 2.14. The molecular weight excluding hydrogens is 317 g/mol. The van der Waals surface area contributed by atoms with Crippen molar-refractivity contribution in [2.45, 2.75) is 13.8 Å². The first-order valence-electron chi connectivity index (χ1n) is 5.78. The molecule has 0 aliphatic heterocycles. The third kappa shape index (κ3) is 2.12. The van der Waals surface area contributed by atoms with Gasteiger partial charge in [0.1, 0.15) is 5.82 Å². The van der Waals surface area contributed by atoms with Crippen molar-refractivity contribution in [3.05, 3.63) is 49.4 Å². The molecule has 0 saturated heterocycles. The lowest BCUT2D eigenvalue weighted by Crippen LogP contribution is -2.22. The van der Waals surface area contributed by atoms with Gasteiger partial charge in [-0.3, -0.25) is 4.79 Å². The van der Waals surface area contributed by atoms with Gasteiger partial charge in [0, 0.05) is 10.4 Å². The number of hydrogen-bond donors (Lipinski definition) is 0. The third-order valence-corrected chi connectivity index (χ3v) is 4.31. The highest BCUT2D eigenvalue weighted by molar-refractivity contribution is 7.12. The molecule has 3 rings (SSSR count). The molecule has 2 heterocycles. The summed E-state index contributed by atoms with van der Waals surface area (Å²) in [5.41, 5.74) is 1.11. The van der Waals surface area contributed by atoms with Gasteiger partial charge < -0.3 is 0 Å². The summed E-state index contributed by atoms with van der Waals surface area (Å²) in [5, 5.41) is 3.65. The minimum atomic E-state index is -0.216. The van der Waals surface area contributed by atoms with Crippen LogP contribution in [0.2, 0.25) is 10.0 Å². The van der Waals surface area contributed by atoms with Crippen LogP contribution >= 0.6 is 34.5 Å². The normalized spacial score (nSPS) is 11.2. The Balaban J connectivity index is 2.43. The maximum absolute atomic E-state index is 12.6. The Morgan fingerprint density at radius 1 is 1.20 bits per heavy atom. The van der Waals surface area contributed by atoms with Crippen LogP contribution in [0.3, 0.4) is 0 Å². The second-order valence-corrected chi connectivity index (χ2v) is 6.04. The van der Waals surface area contributed by atoms with E-state index in [2.05, 4.69) is 9.97 Å². The van der Waals surface area contributed by atoms with Crippen LogP contribution in [0.5, 0.6) is 0 Å². The highest BCUT2D eigenvalue weighted by atomic mass is 35.5. The average Bonchev–Trinajstić information content (AvgIpc) is 2.78. The summed E-state index contributed by atoms with van der Waals surface area (Å²) in [6.45, 7) is 3.63. The van der Waals surface area contributed by atoms with E-state index in [9.17, 15) is 4.79 Å². The fourth-order valence-corrected chi connectivity index (χ4v) is 3.37. The van der Waals surface area contributed by atoms with Gasteiger partial charge in [-0.25, -0.2) is 14.5 Å². The number of thiazole rings is 1. The molecule has 0 radical (unpaired) electrons. The average molecular weight is 326 g/mol. The van der Waals surface area contributed by atoms with Crippen LogP contribution in [0.15, 0.2) is 22.3 Å². The monoisotopic (exact) mass is 325 g/mol. The van der Waals surface area contributed by atoms with Crippen molar-refractivity contribution in [1.29, 1.82) is 0 Å². The zero-order valence-electron chi connectivity index (χ0n) is 10.6. The topological polar surface area (TPSA) is 47.8 Å². The van der Waals surface area contributed by atoms with Crippen molar-refractivity contribution in [2.75, 3.05) is 0 Å². The van der Waals surface area contributed by atoms with Gasteiger partial charge in [-0.05, 0) is 26.0 Å².